The molecular weight excluding hydrogens is 178 g/mol. The highest BCUT2D eigenvalue weighted by Gasteiger charge is 2.16. The van der Waals surface area contributed by atoms with Crippen molar-refractivity contribution in [3.63, 3.8) is 0 Å². The van der Waals surface area contributed by atoms with Crippen LogP contribution in [0.25, 0.3) is 0 Å². The van der Waals surface area contributed by atoms with Crippen LogP contribution in [0.5, 0.6) is 0 Å². The number of carbonyl (C=O) groups is 1. The van der Waals surface area contributed by atoms with Crippen molar-refractivity contribution in [1.29, 1.82) is 0 Å². The molecule has 0 aliphatic heterocycles. The van der Waals surface area contributed by atoms with E-state index in [4.69, 9.17) is 11.5 Å². The highest BCUT2D eigenvalue weighted by atomic mass is 16.1. The third-order valence-electron chi connectivity index (χ3n) is 2.17. The molecule has 0 aliphatic rings. The molecule has 0 saturated heterocycles. The maximum absolute atomic E-state index is 11.8. The van der Waals surface area contributed by atoms with Crippen LogP contribution < -0.4 is 11.5 Å². The van der Waals surface area contributed by atoms with Crippen LogP contribution in [0.15, 0.2) is 18.5 Å². The number of hydrogen-bond donors (Lipinski definition) is 2. The van der Waals surface area contributed by atoms with E-state index in [2.05, 4.69) is 4.98 Å². The van der Waals surface area contributed by atoms with Gasteiger partial charge in [-0.25, -0.2) is 0 Å². The van der Waals surface area contributed by atoms with Crippen LogP contribution in [0.2, 0.25) is 0 Å². The molecule has 0 spiro atoms. The van der Waals surface area contributed by atoms with Gasteiger partial charge in [0.25, 0.3) is 0 Å². The van der Waals surface area contributed by atoms with E-state index in [1.807, 2.05) is 6.92 Å². The lowest BCUT2D eigenvalue weighted by Crippen LogP contribution is -2.17. The summed E-state index contributed by atoms with van der Waals surface area (Å²) in [5.41, 5.74) is 12.0. The van der Waals surface area contributed by atoms with Gasteiger partial charge in [-0.3, -0.25) is 9.78 Å². The standard InChI is InChI=1S/C10H15N3O/c1-7(2-4-11)10(14)8-6-13-5-3-9(8)12/h3,5-7H,2,4,11H2,1H3,(H2,12,13). The van der Waals surface area contributed by atoms with Crippen molar-refractivity contribution in [2.24, 2.45) is 11.7 Å². The molecule has 1 aromatic heterocycles. The number of nitrogens with two attached hydrogens (primary N) is 2. The summed E-state index contributed by atoms with van der Waals surface area (Å²) in [7, 11) is 0. The second-order valence-corrected chi connectivity index (χ2v) is 3.31. The Kier molecular flexibility index (Phi) is 3.59. The molecule has 1 atom stereocenters. The zero-order chi connectivity index (χ0) is 10.6. The van der Waals surface area contributed by atoms with E-state index in [1.165, 1.54) is 6.20 Å². The molecule has 4 nitrogen and oxygen atoms in total. The van der Waals surface area contributed by atoms with Gasteiger partial charge in [0, 0.05) is 24.0 Å². The number of Topliss-reactive ketones (excluding diaryl/α,β-unsaturated/α-hetero) is 1. The molecular formula is C10H15N3O. The van der Waals surface area contributed by atoms with Crippen LogP contribution >= 0.6 is 0 Å². The summed E-state index contributed by atoms with van der Waals surface area (Å²) in [5.74, 6) is -0.0763. The van der Waals surface area contributed by atoms with Crippen molar-refractivity contribution in [3.8, 4) is 0 Å². The van der Waals surface area contributed by atoms with Gasteiger partial charge in [-0.15, -0.1) is 0 Å². The molecule has 0 amide bonds. The number of hydrogen-bond acceptors (Lipinski definition) is 4. The van der Waals surface area contributed by atoms with Gasteiger partial charge >= 0.3 is 0 Å². The maximum Gasteiger partial charge on any atom is 0.169 e. The molecule has 0 fully saturated rings. The molecule has 4 N–H and O–H groups in total. The number of anilines is 1. The van der Waals surface area contributed by atoms with Crippen molar-refractivity contribution >= 4 is 11.5 Å². The summed E-state index contributed by atoms with van der Waals surface area (Å²) in [6, 6.07) is 1.63. The van der Waals surface area contributed by atoms with E-state index < -0.39 is 0 Å². The molecule has 14 heavy (non-hydrogen) atoms. The van der Waals surface area contributed by atoms with Gasteiger partial charge < -0.3 is 11.5 Å². The highest BCUT2D eigenvalue weighted by molar-refractivity contribution is 6.01. The summed E-state index contributed by atoms with van der Waals surface area (Å²) < 4.78 is 0. The summed E-state index contributed by atoms with van der Waals surface area (Å²) in [4.78, 5) is 15.7. The van der Waals surface area contributed by atoms with E-state index >= 15 is 0 Å². The summed E-state index contributed by atoms with van der Waals surface area (Å²) in [6.45, 7) is 2.36. The maximum atomic E-state index is 11.8. The van der Waals surface area contributed by atoms with Gasteiger partial charge in [-0.2, -0.15) is 0 Å². The number of aromatic nitrogens is 1. The number of ketones is 1. The first-order chi connectivity index (χ1) is 6.66. The van der Waals surface area contributed by atoms with Gasteiger partial charge in [0.2, 0.25) is 0 Å². The zero-order valence-corrected chi connectivity index (χ0v) is 8.23. The Morgan fingerprint density at radius 3 is 2.93 bits per heavy atom. The van der Waals surface area contributed by atoms with E-state index in [0.717, 1.165) is 0 Å². The molecule has 0 bridgehead atoms. The lowest BCUT2D eigenvalue weighted by molar-refractivity contribution is 0.0926. The van der Waals surface area contributed by atoms with Gasteiger partial charge in [-0.05, 0) is 19.0 Å². The van der Waals surface area contributed by atoms with Crippen LogP contribution in [0, 0.1) is 5.92 Å². The molecule has 0 aromatic carbocycles. The minimum atomic E-state index is -0.0912. The Balaban J connectivity index is 2.84. The average molecular weight is 193 g/mol. The molecule has 1 aromatic rings. The minimum absolute atomic E-state index is 0.0149. The topological polar surface area (TPSA) is 82.0 Å². The van der Waals surface area contributed by atoms with Crippen molar-refractivity contribution in [1.82, 2.24) is 4.98 Å². The Morgan fingerprint density at radius 2 is 2.36 bits per heavy atom. The number of rotatable bonds is 4. The Morgan fingerprint density at radius 1 is 1.64 bits per heavy atom. The predicted molar refractivity (Wildman–Crippen MR) is 55.8 cm³/mol. The average Bonchev–Trinajstić information content (AvgIpc) is 2.18. The predicted octanol–water partition coefficient (Wildman–Crippen LogP) is 0.831. The fourth-order valence-electron chi connectivity index (χ4n) is 1.26. The third kappa shape index (κ3) is 2.29. The first-order valence-corrected chi connectivity index (χ1v) is 4.60. The molecule has 1 rings (SSSR count). The normalized spacial score (nSPS) is 12.4. The molecule has 1 unspecified atom stereocenters. The number of nitrogens with zero attached hydrogens (tertiary/aromatic N) is 1. The number of pyridine rings is 1. The fourth-order valence-corrected chi connectivity index (χ4v) is 1.26. The van der Waals surface area contributed by atoms with Crippen LogP contribution in [0.3, 0.4) is 0 Å². The first kappa shape index (κ1) is 10.7. The largest absolute Gasteiger partial charge is 0.398 e. The third-order valence-corrected chi connectivity index (χ3v) is 2.17. The first-order valence-electron chi connectivity index (χ1n) is 4.60. The monoisotopic (exact) mass is 193 g/mol. The van der Waals surface area contributed by atoms with Crippen molar-refractivity contribution < 1.29 is 4.79 Å². The smallest absolute Gasteiger partial charge is 0.169 e. The fraction of sp³-hybridized carbons (Fsp3) is 0.400. The van der Waals surface area contributed by atoms with E-state index in [0.29, 0.717) is 24.2 Å². The number of carbonyl (C=O) groups excluding carboxylic acids is 1. The molecule has 4 heteroatoms. The van der Waals surface area contributed by atoms with Crippen molar-refractivity contribution in [2.45, 2.75) is 13.3 Å². The quantitative estimate of drug-likeness (QED) is 0.694. The van der Waals surface area contributed by atoms with Crippen molar-refractivity contribution in [2.75, 3.05) is 12.3 Å². The Bertz CT molecular complexity index is 325. The summed E-state index contributed by atoms with van der Waals surface area (Å²) in [6.07, 6.45) is 3.75. The van der Waals surface area contributed by atoms with Crippen LogP contribution in [0.1, 0.15) is 23.7 Å². The van der Waals surface area contributed by atoms with Crippen LogP contribution in [0.4, 0.5) is 5.69 Å². The van der Waals surface area contributed by atoms with Crippen LogP contribution in [-0.4, -0.2) is 17.3 Å². The SMILES string of the molecule is CC(CCN)C(=O)c1cnccc1N. The van der Waals surface area contributed by atoms with E-state index in [1.54, 1.807) is 12.3 Å². The lowest BCUT2D eigenvalue weighted by atomic mass is 9.97. The molecule has 0 aliphatic carbocycles. The zero-order valence-electron chi connectivity index (χ0n) is 8.23. The van der Waals surface area contributed by atoms with Crippen molar-refractivity contribution in [3.05, 3.63) is 24.0 Å². The summed E-state index contributed by atoms with van der Waals surface area (Å²) >= 11 is 0. The van der Waals surface area contributed by atoms with Gasteiger partial charge in [0.1, 0.15) is 0 Å². The minimum Gasteiger partial charge on any atom is -0.398 e. The van der Waals surface area contributed by atoms with E-state index in [9.17, 15) is 4.79 Å². The molecule has 1 heterocycles. The van der Waals surface area contributed by atoms with E-state index in [-0.39, 0.29) is 11.7 Å². The second-order valence-electron chi connectivity index (χ2n) is 3.31. The highest BCUT2D eigenvalue weighted by Crippen LogP contribution is 2.16. The molecule has 76 valence electrons. The summed E-state index contributed by atoms with van der Waals surface area (Å²) in [5, 5.41) is 0. The van der Waals surface area contributed by atoms with Gasteiger partial charge in [0.05, 0.1) is 5.56 Å². The molecule has 0 radical (unpaired) electrons. The second kappa shape index (κ2) is 4.72. The Hall–Kier alpha value is -1.42. The lowest BCUT2D eigenvalue weighted by Gasteiger charge is -2.09. The molecule has 0 saturated carbocycles. The number of nitrogen functional groups attached to an aromatic ring is 1. The van der Waals surface area contributed by atoms with Gasteiger partial charge in [-0.1, -0.05) is 6.92 Å². The Labute approximate surface area is 83.3 Å². The van der Waals surface area contributed by atoms with Crippen LogP contribution in [-0.2, 0) is 0 Å². The van der Waals surface area contributed by atoms with Gasteiger partial charge in [0.15, 0.2) is 5.78 Å².